The molecule has 2 rings (SSSR count). The fraction of sp³-hybridized carbons (Fsp3) is 0.727. The second kappa shape index (κ2) is 4.66. The number of aromatic nitrogens is 2. The lowest BCUT2D eigenvalue weighted by molar-refractivity contribution is 0.699. The summed E-state index contributed by atoms with van der Waals surface area (Å²) in [7, 11) is 0. The summed E-state index contributed by atoms with van der Waals surface area (Å²) < 4.78 is 2.24. The standard InChI is InChI=1S/C11H20N4/c1-3-14-9-10(2)13-11(14)15-7-4-5-12-6-8-15/h9,12H,3-8H2,1-2H3. The first kappa shape index (κ1) is 10.5. The fourth-order valence-corrected chi connectivity index (χ4v) is 2.06. The minimum absolute atomic E-state index is 1.00. The van der Waals surface area contributed by atoms with Gasteiger partial charge in [-0.2, -0.15) is 0 Å². The molecule has 1 saturated heterocycles. The van der Waals surface area contributed by atoms with Crippen molar-refractivity contribution in [3.63, 3.8) is 0 Å². The molecule has 0 radical (unpaired) electrons. The molecule has 4 nitrogen and oxygen atoms in total. The van der Waals surface area contributed by atoms with E-state index in [4.69, 9.17) is 0 Å². The monoisotopic (exact) mass is 208 g/mol. The van der Waals surface area contributed by atoms with E-state index in [0.29, 0.717) is 0 Å². The van der Waals surface area contributed by atoms with Gasteiger partial charge in [-0.05, 0) is 26.8 Å². The molecule has 1 aliphatic rings. The number of rotatable bonds is 2. The number of anilines is 1. The summed E-state index contributed by atoms with van der Waals surface area (Å²) in [6.45, 7) is 9.60. The third-order valence-corrected chi connectivity index (χ3v) is 2.84. The molecule has 1 fully saturated rings. The van der Waals surface area contributed by atoms with E-state index in [2.05, 4.69) is 39.8 Å². The third kappa shape index (κ3) is 2.31. The van der Waals surface area contributed by atoms with Crippen molar-refractivity contribution in [1.82, 2.24) is 14.9 Å². The molecule has 1 aromatic heterocycles. The molecule has 0 atom stereocenters. The van der Waals surface area contributed by atoms with E-state index in [-0.39, 0.29) is 0 Å². The van der Waals surface area contributed by atoms with Crippen molar-refractivity contribution in [1.29, 1.82) is 0 Å². The Morgan fingerprint density at radius 1 is 1.40 bits per heavy atom. The molecule has 1 N–H and O–H groups in total. The van der Waals surface area contributed by atoms with Crippen LogP contribution in [-0.2, 0) is 6.54 Å². The summed E-state index contributed by atoms with van der Waals surface area (Å²) in [5.74, 6) is 1.14. The molecule has 0 spiro atoms. The number of hydrogen-bond acceptors (Lipinski definition) is 3. The Morgan fingerprint density at radius 2 is 2.27 bits per heavy atom. The molecule has 15 heavy (non-hydrogen) atoms. The minimum Gasteiger partial charge on any atom is -0.341 e. The average molecular weight is 208 g/mol. The Kier molecular flexibility index (Phi) is 3.26. The van der Waals surface area contributed by atoms with Crippen LogP contribution in [0.25, 0.3) is 0 Å². The zero-order valence-corrected chi connectivity index (χ0v) is 9.66. The fourth-order valence-electron chi connectivity index (χ4n) is 2.06. The van der Waals surface area contributed by atoms with E-state index in [1.165, 1.54) is 6.42 Å². The normalized spacial score (nSPS) is 17.9. The van der Waals surface area contributed by atoms with Crippen LogP contribution in [0.5, 0.6) is 0 Å². The van der Waals surface area contributed by atoms with Gasteiger partial charge in [-0.1, -0.05) is 0 Å². The van der Waals surface area contributed by atoms with Crippen molar-refractivity contribution in [3.8, 4) is 0 Å². The topological polar surface area (TPSA) is 33.1 Å². The van der Waals surface area contributed by atoms with Gasteiger partial charge in [-0.15, -0.1) is 0 Å². The Balaban J connectivity index is 2.18. The highest BCUT2D eigenvalue weighted by molar-refractivity contribution is 5.33. The van der Waals surface area contributed by atoms with E-state index in [9.17, 15) is 0 Å². The van der Waals surface area contributed by atoms with Crippen molar-refractivity contribution in [2.24, 2.45) is 0 Å². The Hall–Kier alpha value is -1.03. The van der Waals surface area contributed by atoms with Crippen LogP contribution in [0.15, 0.2) is 6.20 Å². The van der Waals surface area contributed by atoms with Crippen molar-refractivity contribution in [2.75, 3.05) is 31.1 Å². The van der Waals surface area contributed by atoms with Crippen LogP contribution in [-0.4, -0.2) is 35.7 Å². The first-order chi connectivity index (χ1) is 7.31. The SMILES string of the molecule is CCn1cc(C)nc1N1CCCNCC1. The highest BCUT2D eigenvalue weighted by atomic mass is 15.3. The van der Waals surface area contributed by atoms with Crippen LogP contribution >= 0.6 is 0 Å². The van der Waals surface area contributed by atoms with Gasteiger partial charge in [0.15, 0.2) is 0 Å². The molecule has 0 saturated carbocycles. The summed E-state index contributed by atoms with van der Waals surface area (Å²) in [5.41, 5.74) is 1.11. The van der Waals surface area contributed by atoms with Crippen LogP contribution in [0.4, 0.5) is 5.95 Å². The summed E-state index contributed by atoms with van der Waals surface area (Å²) >= 11 is 0. The van der Waals surface area contributed by atoms with Crippen LogP contribution in [0.1, 0.15) is 19.0 Å². The first-order valence-corrected chi connectivity index (χ1v) is 5.80. The van der Waals surface area contributed by atoms with E-state index >= 15 is 0 Å². The van der Waals surface area contributed by atoms with Crippen LogP contribution in [0.3, 0.4) is 0 Å². The van der Waals surface area contributed by atoms with E-state index in [0.717, 1.165) is 44.4 Å². The van der Waals surface area contributed by atoms with Crippen LogP contribution in [0, 0.1) is 6.92 Å². The van der Waals surface area contributed by atoms with Crippen molar-refractivity contribution in [2.45, 2.75) is 26.8 Å². The van der Waals surface area contributed by atoms with Crippen LogP contribution < -0.4 is 10.2 Å². The number of imidazole rings is 1. The number of nitrogens with zero attached hydrogens (tertiary/aromatic N) is 3. The summed E-state index contributed by atoms with van der Waals surface area (Å²) in [6, 6.07) is 0. The second-order valence-corrected chi connectivity index (χ2v) is 4.06. The van der Waals surface area contributed by atoms with Crippen LogP contribution in [0.2, 0.25) is 0 Å². The Morgan fingerprint density at radius 3 is 3.07 bits per heavy atom. The zero-order valence-electron chi connectivity index (χ0n) is 9.66. The lowest BCUT2D eigenvalue weighted by atomic mass is 10.4. The number of aryl methyl sites for hydroxylation is 2. The van der Waals surface area contributed by atoms with E-state index < -0.39 is 0 Å². The van der Waals surface area contributed by atoms with Gasteiger partial charge < -0.3 is 14.8 Å². The van der Waals surface area contributed by atoms with Gasteiger partial charge in [0.2, 0.25) is 5.95 Å². The molecule has 0 aliphatic carbocycles. The Bertz CT molecular complexity index is 310. The van der Waals surface area contributed by atoms with Gasteiger partial charge in [0.05, 0.1) is 5.69 Å². The van der Waals surface area contributed by atoms with Gasteiger partial charge in [0, 0.05) is 32.4 Å². The van der Waals surface area contributed by atoms with Gasteiger partial charge in [0.1, 0.15) is 0 Å². The van der Waals surface area contributed by atoms with Crippen molar-refractivity contribution < 1.29 is 0 Å². The molecule has 0 amide bonds. The molecule has 1 aliphatic heterocycles. The lowest BCUT2D eigenvalue weighted by Crippen LogP contribution is -2.30. The average Bonchev–Trinajstić information content (AvgIpc) is 2.47. The number of hydrogen-bond donors (Lipinski definition) is 1. The maximum atomic E-state index is 4.61. The molecule has 2 heterocycles. The predicted octanol–water partition coefficient (Wildman–Crippen LogP) is 1.01. The maximum absolute atomic E-state index is 4.61. The van der Waals surface area contributed by atoms with Crippen molar-refractivity contribution in [3.05, 3.63) is 11.9 Å². The number of nitrogens with one attached hydrogen (secondary N) is 1. The second-order valence-electron chi connectivity index (χ2n) is 4.06. The molecule has 0 unspecified atom stereocenters. The van der Waals surface area contributed by atoms with E-state index in [1.54, 1.807) is 0 Å². The summed E-state index contributed by atoms with van der Waals surface area (Å²) in [5, 5.41) is 3.41. The smallest absolute Gasteiger partial charge is 0.205 e. The van der Waals surface area contributed by atoms with Crippen molar-refractivity contribution >= 4 is 5.95 Å². The van der Waals surface area contributed by atoms with Gasteiger partial charge in [-0.25, -0.2) is 4.98 Å². The van der Waals surface area contributed by atoms with Gasteiger partial charge in [-0.3, -0.25) is 0 Å². The van der Waals surface area contributed by atoms with E-state index in [1.807, 2.05) is 0 Å². The molecule has 0 aromatic carbocycles. The summed E-state index contributed by atoms with van der Waals surface area (Å²) in [4.78, 5) is 6.99. The molecular formula is C11H20N4. The third-order valence-electron chi connectivity index (χ3n) is 2.84. The predicted molar refractivity (Wildman–Crippen MR) is 62.3 cm³/mol. The minimum atomic E-state index is 1.00. The quantitative estimate of drug-likeness (QED) is 0.787. The summed E-state index contributed by atoms with van der Waals surface area (Å²) in [6.07, 6.45) is 3.34. The molecular weight excluding hydrogens is 188 g/mol. The van der Waals surface area contributed by atoms with Gasteiger partial charge >= 0.3 is 0 Å². The largest absolute Gasteiger partial charge is 0.341 e. The Labute approximate surface area is 91.3 Å². The lowest BCUT2D eigenvalue weighted by Gasteiger charge is -2.21. The maximum Gasteiger partial charge on any atom is 0.205 e. The molecule has 84 valence electrons. The highest BCUT2D eigenvalue weighted by Gasteiger charge is 2.14. The molecule has 4 heteroatoms. The molecule has 0 bridgehead atoms. The molecule has 1 aromatic rings. The highest BCUT2D eigenvalue weighted by Crippen LogP contribution is 2.14. The van der Waals surface area contributed by atoms with Gasteiger partial charge in [0.25, 0.3) is 0 Å². The first-order valence-electron chi connectivity index (χ1n) is 5.80. The zero-order chi connectivity index (χ0) is 10.7.